The molecule has 2 aliphatic heterocycles. The van der Waals surface area contributed by atoms with Crippen molar-refractivity contribution in [2.45, 2.75) is 18.9 Å². The lowest BCUT2D eigenvalue weighted by Gasteiger charge is -2.44. The summed E-state index contributed by atoms with van der Waals surface area (Å²) >= 11 is 0. The predicted molar refractivity (Wildman–Crippen MR) is 104 cm³/mol. The van der Waals surface area contributed by atoms with E-state index in [-0.39, 0.29) is 23.6 Å². The van der Waals surface area contributed by atoms with Gasteiger partial charge in [0, 0.05) is 55.6 Å². The number of hydrogen-bond acceptors (Lipinski definition) is 4. The van der Waals surface area contributed by atoms with E-state index in [1.54, 1.807) is 6.07 Å². The normalized spacial score (nSPS) is 23.2. The van der Waals surface area contributed by atoms with E-state index < -0.39 is 0 Å². The second-order valence-electron chi connectivity index (χ2n) is 7.16. The highest BCUT2D eigenvalue weighted by atomic mass is 16.3. The molecule has 2 aromatic carbocycles. The molecule has 0 radical (unpaired) electrons. The maximum absolute atomic E-state index is 12.1. The van der Waals surface area contributed by atoms with Crippen LogP contribution in [0.4, 0.5) is 11.4 Å². The molecule has 2 N–H and O–H groups in total. The van der Waals surface area contributed by atoms with Gasteiger partial charge in [0.05, 0.1) is 0 Å². The summed E-state index contributed by atoms with van der Waals surface area (Å²) in [5.74, 6) is 0.540. The third-order valence-electron chi connectivity index (χ3n) is 5.48. The number of para-hydroxylation sites is 1. The number of piperazine rings is 1. The van der Waals surface area contributed by atoms with Crippen LogP contribution in [0.15, 0.2) is 54.6 Å². The van der Waals surface area contributed by atoms with E-state index in [2.05, 4.69) is 39.4 Å². The molecule has 0 saturated carbocycles. The Morgan fingerprint density at radius 3 is 2.58 bits per heavy atom. The lowest BCUT2D eigenvalue weighted by molar-refractivity contribution is -0.122. The van der Waals surface area contributed by atoms with Crippen molar-refractivity contribution < 1.29 is 9.90 Å². The minimum absolute atomic E-state index is 0.0792. The van der Waals surface area contributed by atoms with Gasteiger partial charge in [0.25, 0.3) is 0 Å². The number of anilines is 2. The smallest absolute Gasteiger partial charge is 0.223 e. The first kappa shape index (κ1) is 16.8. The molecule has 0 aromatic heterocycles. The zero-order valence-electron chi connectivity index (χ0n) is 14.8. The van der Waals surface area contributed by atoms with Gasteiger partial charge in [-0.1, -0.05) is 24.3 Å². The molecule has 5 heteroatoms. The molecule has 26 heavy (non-hydrogen) atoms. The quantitative estimate of drug-likeness (QED) is 0.889. The average Bonchev–Trinajstić information content (AvgIpc) is 3.07. The molecule has 1 amide bonds. The van der Waals surface area contributed by atoms with E-state index in [0.29, 0.717) is 0 Å². The highest BCUT2D eigenvalue weighted by Gasteiger charge is 2.33. The van der Waals surface area contributed by atoms with E-state index in [9.17, 15) is 9.90 Å². The zero-order chi connectivity index (χ0) is 17.9. The number of nitrogens with zero attached hydrogens (tertiary/aromatic N) is 2. The number of amides is 1. The van der Waals surface area contributed by atoms with E-state index in [1.807, 2.05) is 24.3 Å². The zero-order valence-corrected chi connectivity index (χ0v) is 14.8. The van der Waals surface area contributed by atoms with Crippen LogP contribution in [0.3, 0.4) is 0 Å². The Kier molecular flexibility index (Phi) is 4.69. The summed E-state index contributed by atoms with van der Waals surface area (Å²) in [6.45, 7) is 3.46. The van der Waals surface area contributed by atoms with Gasteiger partial charge in [0.2, 0.25) is 5.91 Å². The molecule has 4 rings (SSSR count). The first-order valence-corrected chi connectivity index (χ1v) is 9.34. The van der Waals surface area contributed by atoms with Crippen molar-refractivity contribution >= 4 is 17.3 Å². The summed E-state index contributed by atoms with van der Waals surface area (Å²) in [4.78, 5) is 16.9. The summed E-state index contributed by atoms with van der Waals surface area (Å²) in [7, 11) is 0. The SMILES string of the molecule is O=C1NCCC1CC1CN(c2ccccc2)CCN1c1cccc(O)c1. The number of carbonyl (C=O) groups excluding carboxylic acids is 1. The van der Waals surface area contributed by atoms with Crippen LogP contribution in [-0.2, 0) is 4.79 Å². The molecule has 2 aromatic rings. The topological polar surface area (TPSA) is 55.8 Å². The Bertz CT molecular complexity index is 765. The molecular weight excluding hydrogens is 326 g/mol. The summed E-state index contributed by atoms with van der Waals surface area (Å²) in [5.41, 5.74) is 2.25. The van der Waals surface area contributed by atoms with Crippen molar-refractivity contribution in [2.24, 2.45) is 5.92 Å². The fourth-order valence-electron chi connectivity index (χ4n) is 4.14. The van der Waals surface area contributed by atoms with Crippen molar-refractivity contribution in [1.82, 2.24) is 5.32 Å². The summed E-state index contributed by atoms with van der Waals surface area (Å²) in [5, 5.41) is 12.8. The maximum Gasteiger partial charge on any atom is 0.223 e. The summed E-state index contributed by atoms with van der Waals surface area (Å²) in [6, 6.07) is 18.1. The van der Waals surface area contributed by atoms with Crippen molar-refractivity contribution in [3.05, 3.63) is 54.6 Å². The van der Waals surface area contributed by atoms with Crippen LogP contribution in [-0.4, -0.2) is 43.2 Å². The molecule has 2 atom stereocenters. The van der Waals surface area contributed by atoms with Gasteiger partial charge in [-0.2, -0.15) is 0 Å². The fraction of sp³-hybridized carbons (Fsp3) is 0.381. The third-order valence-corrected chi connectivity index (χ3v) is 5.48. The maximum atomic E-state index is 12.1. The summed E-state index contributed by atoms with van der Waals surface area (Å²) in [6.07, 6.45) is 1.75. The second kappa shape index (κ2) is 7.28. The van der Waals surface area contributed by atoms with Crippen LogP contribution >= 0.6 is 0 Å². The standard InChI is InChI=1S/C21H25N3O2/c25-20-8-4-7-18(14-20)24-12-11-23(17-5-2-1-3-6-17)15-19(24)13-16-9-10-22-21(16)26/h1-8,14,16,19,25H,9-13,15H2,(H,22,26). The largest absolute Gasteiger partial charge is 0.508 e. The molecule has 0 spiro atoms. The van der Waals surface area contributed by atoms with Crippen molar-refractivity contribution in [3.63, 3.8) is 0 Å². The first-order valence-electron chi connectivity index (χ1n) is 9.34. The molecule has 136 valence electrons. The Hall–Kier alpha value is -2.69. The summed E-state index contributed by atoms with van der Waals surface area (Å²) < 4.78 is 0. The van der Waals surface area contributed by atoms with Gasteiger partial charge in [-0.15, -0.1) is 0 Å². The molecule has 2 unspecified atom stereocenters. The lowest BCUT2D eigenvalue weighted by Crippen LogP contribution is -2.54. The number of aromatic hydroxyl groups is 1. The van der Waals surface area contributed by atoms with Crippen LogP contribution in [0.5, 0.6) is 5.75 Å². The number of carbonyl (C=O) groups is 1. The number of nitrogens with one attached hydrogen (secondary N) is 1. The van der Waals surface area contributed by atoms with Gasteiger partial charge in [-0.3, -0.25) is 4.79 Å². The fourth-order valence-corrected chi connectivity index (χ4v) is 4.14. The molecule has 0 aliphatic carbocycles. The number of phenolic OH excluding ortho intramolecular Hbond substituents is 1. The Morgan fingerprint density at radius 2 is 1.85 bits per heavy atom. The number of benzene rings is 2. The van der Waals surface area contributed by atoms with Gasteiger partial charge in [-0.25, -0.2) is 0 Å². The van der Waals surface area contributed by atoms with E-state index >= 15 is 0 Å². The second-order valence-corrected chi connectivity index (χ2v) is 7.16. The molecule has 2 heterocycles. The first-order chi connectivity index (χ1) is 12.7. The average molecular weight is 351 g/mol. The van der Waals surface area contributed by atoms with Crippen LogP contribution in [0.1, 0.15) is 12.8 Å². The molecule has 2 saturated heterocycles. The van der Waals surface area contributed by atoms with E-state index in [0.717, 1.165) is 44.7 Å². The van der Waals surface area contributed by atoms with Crippen LogP contribution in [0.2, 0.25) is 0 Å². The Morgan fingerprint density at radius 1 is 1.04 bits per heavy atom. The number of phenols is 1. The van der Waals surface area contributed by atoms with Gasteiger partial charge < -0.3 is 20.2 Å². The lowest BCUT2D eigenvalue weighted by atomic mass is 9.95. The number of hydrogen-bond donors (Lipinski definition) is 2. The predicted octanol–water partition coefficient (Wildman–Crippen LogP) is 2.61. The van der Waals surface area contributed by atoms with Gasteiger partial charge >= 0.3 is 0 Å². The van der Waals surface area contributed by atoms with Gasteiger partial charge in [0.1, 0.15) is 5.75 Å². The minimum atomic E-state index is 0.0792. The van der Waals surface area contributed by atoms with E-state index in [4.69, 9.17) is 0 Å². The molecular formula is C21H25N3O2. The Labute approximate surface area is 154 Å². The van der Waals surface area contributed by atoms with Crippen LogP contribution < -0.4 is 15.1 Å². The highest BCUT2D eigenvalue weighted by molar-refractivity contribution is 5.80. The minimum Gasteiger partial charge on any atom is -0.508 e. The van der Waals surface area contributed by atoms with Crippen molar-refractivity contribution in [1.29, 1.82) is 0 Å². The highest BCUT2D eigenvalue weighted by Crippen LogP contribution is 2.30. The molecule has 5 nitrogen and oxygen atoms in total. The van der Waals surface area contributed by atoms with Crippen molar-refractivity contribution in [2.75, 3.05) is 36.0 Å². The van der Waals surface area contributed by atoms with Crippen LogP contribution in [0.25, 0.3) is 0 Å². The van der Waals surface area contributed by atoms with Gasteiger partial charge in [0.15, 0.2) is 0 Å². The van der Waals surface area contributed by atoms with Crippen LogP contribution in [0, 0.1) is 5.92 Å². The monoisotopic (exact) mass is 351 g/mol. The van der Waals surface area contributed by atoms with Gasteiger partial charge in [-0.05, 0) is 37.1 Å². The van der Waals surface area contributed by atoms with Crippen molar-refractivity contribution in [3.8, 4) is 5.75 Å². The molecule has 2 fully saturated rings. The molecule has 2 aliphatic rings. The number of rotatable bonds is 4. The third kappa shape index (κ3) is 3.47. The molecule has 0 bridgehead atoms. The Balaban J connectivity index is 1.58. The van der Waals surface area contributed by atoms with E-state index in [1.165, 1.54) is 5.69 Å².